The Hall–Kier alpha value is -2.55. The van der Waals surface area contributed by atoms with Crippen molar-refractivity contribution in [1.82, 2.24) is 9.78 Å². The summed E-state index contributed by atoms with van der Waals surface area (Å²) in [6.07, 6.45) is 1.04. The maximum Gasteiger partial charge on any atom is 0.408 e. The standard InChI is InChI=1S/C22H24F2IN4O6PS/c1-3-33-19-12-14(27-21(30)13-18(35-25)17-9-10-26-29(17)2)7-8-20(19)37(31,32)28-15-5-4-6-16(11-15)34-22(23,24)36/h4-12,18,28H,3,13,36H2,1-2H3,(H,27,30). The number of alkyl halides is 2. The predicted molar refractivity (Wildman–Crippen MR) is 144 cm³/mol. The summed E-state index contributed by atoms with van der Waals surface area (Å²) in [5, 5.41) is 6.78. The molecule has 10 nitrogen and oxygen atoms in total. The van der Waals surface area contributed by atoms with Crippen LogP contribution >= 0.6 is 32.2 Å². The van der Waals surface area contributed by atoms with E-state index >= 15 is 0 Å². The molecule has 0 aliphatic rings. The average Bonchev–Trinajstić information content (AvgIpc) is 3.22. The van der Waals surface area contributed by atoms with Crippen LogP contribution in [-0.4, -0.2) is 36.6 Å². The number of halogens is 3. The highest BCUT2D eigenvalue weighted by Crippen LogP contribution is 2.32. The van der Waals surface area contributed by atoms with Crippen molar-refractivity contribution in [3.05, 3.63) is 60.4 Å². The molecule has 0 radical (unpaired) electrons. The van der Waals surface area contributed by atoms with Crippen LogP contribution in [0.15, 0.2) is 59.6 Å². The second kappa shape index (κ2) is 12.3. The minimum absolute atomic E-state index is 0.00610. The molecule has 0 saturated heterocycles. The minimum Gasteiger partial charge on any atom is -0.492 e. The molecule has 0 aliphatic heterocycles. The molecule has 0 fully saturated rings. The van der Waals surface area contributed by atoms with Gasteiger partial charge in [0, 0.05) is 31.1 Å². The third-order valence-electron chi connectivity index (χ3n) is 4.82. The summed E-state index contributed by atoms with van der Waals surface area (Å²) in [5.74, 6) is -4.13. The number of benzene rings is 2. The molecule has 0 spiro atoms. The van der Waals surface area contributed by atoms with Crippen LogP contribution in [0.25, 0.3) is 0 Å². The Morgan fingerprint density at radius 1 is 1.22 bits per heavy atom. The fraction of sp³-hybridized carbons (Fsp3) is 0.273. The maximum absolute atomic E-state index is 13.1. The van der Waals surface area contributed by atoms with Crippen LogP contribution in [0.3, 0.4) is 0 Å². The lowest BCUT2D eigenvalue weighted by Crippen LogP contribution is -2.18. The fourth-order valence-electron chi connectivity index (χ4n) is 3.33. The summed E-state index contributed by atoms with van der Waals surface area (Å²) in [7, 11) is -1.22. The van der Waals surface area contributed by atoms with E-state index in [1.165, 1.54) is 45.6 Å². The summed E-state index contributed by atoms with van der Waals surface area (Å²) in [6, 6.07) is 10.9. The third-order valence-corrected chi connectivity index (χ3v) is 6.98. The van der Waals surface area contributed by atoms with Crippen molar-refractivity contribution in [2.24, 2.45) is 7.05 Å². The van der Waals surface area contributed by atoms with Crippen molar-refractivity contribution in [2.45, 2.75) is 30.2 Å². The number of hydrogen-bond acceptors (Lipinski definition) is 7. The highest BCUT2D eigenvalue weighted by Gasteiger charge is 2.25. The SMILES string of the molecule is CCOc1cc(NC(=O)CC(OI)c2ccnn2C)ccc1S(=O)(=O)Nc1cccc(OC(F)(F)P)c1. The number of sulfonamides is 1. The lowest BCUT2D eigenvalue weighted by molar-refractivity contribution is -0.117. The quantitative estimate of drug-likeness (QED) is 0.209. The van der Waals surface area contributed by atoms with Gasteiger partial charge in [0.1, 0.15) is 45.5 Å². The number of aryl methyl sites for hydroxylation is 1. The Kier molecular flexibility index (Phi) is 9.67. The van der Waals surface area contributed by atoms with E-state index in [4.69, 9.17) is 7.80 Å². The Labute approximate surface area is 229 Å². The van der Waals surface area contributed by atoms with Gasteiger partial charge in [-0.1, -0.05) is 6.07 Å². The van der Waals surface area contributed by atoms with E-state index in [0.29, 0.717) is 11.4 Å². The van der Waals surface area contributed by atoms with Gasteiger partial charge < -0.3 is 17.9 Å². The number of hydrogen-bond donors (Lipinski definition) is 2. The zero-order valence-electron chi connectivity index (χ0n) is 19.7. The van der Waals surface area contributed by atoms with Crippen LogP contribution in [0, 0.1) is 0 Å². The predicted octanol–water partition coefficient (Wildman–Crippen LogP) is 4.86. The van der Waals surface area contributed by atoms with Crippen molar-refractivity contribution in [3.8, 4) is 11.5 Å². The fourth-order valence-corrected chi connectivity index (χ4v) is 5.08. The molecule has 2 aromatic carbocycles. The number of carbonyl (C=O) groups is 1. The number of nitrogens with one attached hydrogen (secondary N) is 2. The van der Waals surface area contributed by atoms with Crippen molar-refractivity contribution in [2.75, 3.05) is 16.6 Å². The first kappa shape index (κ1) is 29.0. The van der Waals surface area contributed by atoms with Crippen molar-refractivity contribution in [1.29, 1.82) is 0 Å². The lowest BCUT2D eigenvalue weighted by Gasteiger charge is -2.17. The van der Waals surface area contributed by atoms with E-state index in [9.17, 15) is 22.0 Å². The Balaban J connectivity index is 1.78. The number of ether oxygens (including phenoxy) is 2. The smallest absolute Gasteiger partial charge is 0.408 e. The highest BCUT2D eigenvalue weighted by molar-refractivity contribution is 14.1. The van der Waals surface area contributed by atoms with Gasteiger partial charge in [0.05, 0.1) is 24.4 Å². The number of nitrogens with zero attached hydrogens (tertiary/aromatic N) is 2. The summed E-state index contributed by atoms with van der Waals surface area (Å²) in [5.41, 5.74) is 1.03. The van der Waals surface area contributed by atoms with Gasteiger partial charge in [-0.2, -0.15) is 13.9 Å². The van der Waals surface area contributed by atoms with Crippen LogP contribution in [-0.2, 0) is 24.9 Å². The first-order valence-corrected chi connectivity index (χ1v) is 13.7. The second-order valence-corrected chi connectivity index (χ2v) is 10.4. The van der Waals surface area contributed by atoms with Crippen molar-refractivity contribution < 1.29 is 34.5 Å². The molecule has 15 heteroatoms. The molecule has 1 aromatic heterocycles. The first-order valence-electron chi connectivity index (χ1n) is 10.7. The van der Waals surface area contributed by atoms with Crippen LogP contribution in [0.2, 0.25) is 0 Å². The normalized spacial score (nSPS) is 12.6. The van der Waals surface area contributed by atoms with Gasteiger partial charge in [-0.05, 0) is 46.5 Å². The van der Waals surface area contributed by atoms with Crippen LogP contribution in [0.1, 0.15) is 25.1 Å². The van der Waals surface area contributed by atoms with Gasteiger partial charge in [-0.25, -0.2) is 8.42 Å². The maximum atomic E-state index is 13.1. The minimum atomic E-state index is -4.20. The van der Waals surface area contributed by atoms with E-state index in [1.54, 1.807) is 53.9 Å². The zero-order valence-corrected chi connectivity index (χ0v) is 23.8. The van der Waals surface area contributed by atoms with E-state index < -0.39 is 22.0 Å². The molecule has 3 aromatic rings. The van der Waals surface area contributed by atoms with Crippen LogP contribution in [0.4, 0.5) is 20.2 Å². The Morgan fingerprint density at radius 3 is 2.59 bits per heavy atom. The topological polar surface area (TPSA) is 121 Å². The monoisotopic (exact) mass is 668 g/mol. The summed E-state index contributed by atoms with van der Waals surface area (Å²) < 4.78 is 71.7. The van der Waals surface area contributed by atoms with Gasteiger partial charge in [0.2, 0.25) is 5.91 Å². The third kappa shape index (κ3) is 8.22. The first-order chi connectivity index (χ1) is 17.4. The van der Waals surface area contributed by atoms with Crippen molar-refractivity contribution in [3.63, 3.8) is 0 Å². The number of amides is 1. The number of anilines is 2. The number of rotatable bonds is 12. The summed E-state index contributed by atoms with van der Waals surface area (Å²) >= 11 is 1.72. The molecule has 1 heterocycles. The summed E-state index contributed by atoms with van der Waals surface area (Å²) in [6.45, 7) is 1.83. The largest absolute Gasteiger partial charge is 0.492 e. The van der Waals surface area contributed by atoms with Gasteiger partial charge in [0.15, 0.2) is 0 Å². The molecule has 1 amide bonds. The zero-order chi connectivity index (χ0) is 27.2. The lowest BCUT2D eigenvalue weighted by atomic mass is 10.1. The molecule has 2 atom stereocenters. The second-order valence-electron chi connectivity index (χ2n) is 7.60. The van der Waals surface area contributed by atoms with Gasteiger partial charge in [-0.15, -0.1) is 0 Å². The number of carbonyl (C=O) groups excluding carboxylic acids is 1. The van der Waals surface area contributed by atoms with E-state index in [1.807, 2.05) is 0 Å². The molecule has 0 saturated carbocycles. The molecular weight excluding hydrogens is 644 g/mol. The number of aromatic nitrogens is 2. The molecule has 2 N–H and O–H groups in total. The molecule has 37 heavy (non-hydrogen) atoms. The van der Waals surface area contributed by atoms with Crippen molar-refractivity contribution >= 4 is 59.6 Å². The van der Waals surface area contributed by atoms with Gasteiger partial charge in [0.25, 0.3) is 10.0 Å². The van der Waals surface area contributed by atoms with Gasteiger partial charge >= 0.3 is 5.85 Å². The summed E-state index contributed by atoms with van der Waals surface area (Å²) in [4.78, 5) is 12.4. The van der Waals surface area contributed by atoms with E-state index in [-0.39, 0.29) is 41.0 Å². The van der Waals surface area contributed by atoms with Crippen LogP contribution < -0.4 is 19.5 Å². The van der Waals surface area contributed by atoms with E-state index in [0.717, 1.165) is 6.07 Å². The van der Waals surface area contributed by atoms with Gasteiger partial charge in [-0.3, -0.25) is 14.2 Å². The molecule has 3 rings (SSSR count). The molecule has 2 unspecified atom stereocenters. The Bertz CT molecular complexity index is 1350. The molecular formula is C22H24F2IN4O6PS. The molecule has 0 aliphatic carbocycles. The van der Waals surface area contributed by atoms with Crippen LogP contribution in [0.5, 0.6) is 11.5 Å². The Morgan fingerprint density at radius 2 is 1.97 bits per heavy atom. The molecule has 200 valence electrons. The molecule has 0 bridgehead atoms. The average molecular weight is 668 g/mol. The highest BCUT2D eigenvalue weighted by atomic mass is 127. The van der Waals surface area contributed by atoms with E-state index in [2.05, 4.69) is 19.9 Å².